The first-order valence-electron chi connectivity index (χ1n) is 4.11. The number of likely N-dealkylation sites (N-methyl/N-ethyl adjacent to an activating group) is 1. The summed E-state index contributed by atoms with van der Waals surface area (Å²) in [6.07, 6.45) is 1.53. The lowest BCUT2D eigenvalue weighted by atomic mass is 10.3. The molecule has 0 aliphatic carbocycles. The predicted octanol–water partition coefficient (Wildman–Crippen LogP) is 1.04. The van der Waals surface area contributed by atoms with Gasteiger partial charge in [0, 0.05) is 13.2 Å². The Morgan fingerprint density at radius 2 is 2.38 bits per heavy atom. The van der Waals surface area contributed by atoms with Gasteiger partial charge in [0.15, 0.2) is 11.6 Å². The van der Waals surface area contributed by atoms with Crippen LogP contribution in [0.1, 0.15) is 6.92 Å². The van der Waals surface area contributed by atoms with Crippen molar-refractivity contribution in [1.82, 2.24) is 4.98 Å². The van der Waals surface area contributed by atoms with Gasteiger partial charge in [-0.2, -0.15) is 0 Å². The molecule has 1 atom stereocenters. The fourth-order valence-electron chi connectivity index (χ4n) is 0.968. The highest BCUT2D eigenvalue weighted by Crippen LogP contribution is 2.15. The van der Waals surface area contributed by atoms with Crippen molar-refractivity contribution in [2.24, 2.45) is 0 Å². The van der Waals surface area contributed by atoms with Crippen LogP contribution in [0.4, 0.5) is 10.2 Å². The molecule has 0 saturated heterocycles. The SMILES string of the molecule is CC(CO)N(C)c1ncccc1F. The minimum absolute atomic E-state index is 0.0213. The number of nitrogens with zero attached hydrogens (tertiary/aromatic N) is 2. The van der Waals surface area contributed by atoms with Gasteiger partial charge in [0.25, 0.3) is 0 Å². The number of aliphatic hydroxyl groups excluding tert-OH is 1. The number of hydrogen-bond acceptors (Lipinski definition) is 3. The number of anilines is 1. The molecule has 1 aromatic heterocycles. The van der Waals surface area contributed by atoms with E-state index < -0.39 is 0 Å². The predicted molar refractivity (Wildman–Crippen MR) is 49.1 cm³/mol. The first kappa shape index (κ1) is 9.92. The smallest absolute Gasteiger partial charge is 0.165 e. The van der Waals surface area contributed by atoms with Gasteiger partial charge in [-0.05, 0) is 19.1 Å². The van der Waals surface area contributed by atoms with Crippen LogP contribution in [-0.4, -0.2) is 29.8 Å². The van der Waals surface area contributed by atoms with Crippen molar-refractivity contribution in [3.8, 4) is 0 Å². The highest BCUT2D eigenvalue weighted by molar-refractivity contribution is 5.39. The van der Waals surface area contributed by atoms with Crippen molar-refractivity contribution >= 4 is 5.82 Å². The van der Waals surface area contributed by atoms with Gasteiger partial charge in [0.1, 0.15) is 0 Å². The number of hydrogen-bond donors (Lipinski definition) is 1. The highest BCUT2D eigenvalue weighted by Gasteiger charge is 2.13. The van der Waals surface area contributed by atoms with Gasteiger partial charge in [-0.25, -0.2) is 9.37 Å². The second-order valence-corrected chi connectivity index (χ2v) is 2.95. The molecule has 3 nitrogen and oxygen atoms in total. The molecule has 13 heavy (non-hydrogen) atoms. The quantitative estimate of drug-likeness (QED) is 0.762. The van der Waals surface area contributed by atoms with E-state index in [2.05, 4.69) is 4.98 Å². The Balaban J connectivity index is 2.88. The molecule has 0 saturated carbocycles. The molecule has 72 valence electrons. The standard InChI is InChI=1S/C9H13FN2O/c1-7(6-13)12(2)9-8(10)4-3-5-11-9/h3-5,7,13H,6H2,1-2H3. The zero-order chi connectivity index (χ0) is 9.84. The molecule has 0 aromatic carbocycles. The summed E-state index contributed by atoms with van der Waals surface area (Å²) in [6.45, 7) is 1.78. The molecule has 1 aromatic rings. The topological polar surface area (TPSA) is 36.4 Å². The molecule has 1 unspecified atom stereocenters. The molecule has 0 amide bonds. The van der Waals surface area contributed by atoms with Gasteiger partial charge in [-0.1, -0.05) is 0 Å². The molecule has 1 rings (SSSR count). The van der Waals surface area contributed by atoms with Gasteiger partial charge in [0.05, 0.1) is 12.6 Å². The van der Waals surface area contributed by atoms with E-state index in [0.29, 0.717) is 0 Å². The second-order valence-electron chi connectivity index (χ2n) is 2.95. The minimum Gasteiger partial charge on any atom is -0.394 e. The van der Waals surface area contributed by atoms with Crippen molar-refractivity contribution in [2.45, 2.75) is 13.0 Å². The van der Waals surface area contributed by atoms with Crippen molar-refractivity contribution in [2.75, 3.05) is 18.6 Å². The Kier molecular flexibility index (Phi) is 3.19. The number of rotatable bonds is 3. The third-order valence-corrected chi connectivity index (χ3v) is 2.00. The summed E-state index contributed by atoms with van der Waals surface area (Å²) in [5, 5.41) is 8.87. The van der Waals surface area contributed by atoms with Crippen LogP contribution in [-0.2, 0) is 0 Å². The van der Waals surface area contributed by atoms with Gasteiger partial charge in [-0.15, -0.1) is 0 Å². The van der Waals surface area contributed by atoms with Gasteiger partial charge < -0.3 is 10.0 Å². The first-order valence-corrected chi connectivity index (χ1v) is 4.11. The second kappa shape index (κ2) is 4.18. The lowest BCUT2D eigenvalue weighted by Crippen LogP contribution is -2.33. The Bertz CT molecular complexity index is 280. The summed E-state index contributed by atoms with van der Waals surface area (Å²) in [4.78, 5) is 5.49. The van der Waals surface area contributed by atoms with E-state index >= 15 is 0 Å². The van der Waals surface area contributed by atoms with Gasteiger partial charge in [0.2, 0.25) is 0 Å². The minimum atomic E-state index is -0.370. The Labute approximate surface area is 76.8 Å². The largest absolute Gasteiger partial charge is 0.394 e. The van der Waals surface area contributed by atoms with Crippen molar-refractivity contribution in [1.29, 1.82) is 0 Å². The first-order chi connectivity index (χ1) is 6.16. The maximum atomic E-state index is 13.2. The Morgan fingerprint density at radius 3 is 2.92 bits per heavy atom. The van der Waals surface area contributed by atoms with Crippen molar-refractivity contribution in [3.63, 3.8) is 0 Å². The summed E-state index contributed by atoms with van der Waals surface area (Å²) in [6, 6.07) is 2.75. The Morgan fingerprint density at radius 1 is 1.69 bits per heavy atom. The fraction of sp³-hybridized carbons (Fsp3) is 0.444. The molecule has 0 bridgehead atoms. The normalized spacial score (nSPS) is 12.6. The van der Waals surface area contributed by atoms with Crippen LogP contribution in [0.15, 0.2) is 18.3 Å². The van der Waals surface area contributed by atoms with Crippen LogP contribution in [0.5, 0.6) is 0 Å². The molecule has 0 fully saturated rings. The average molecular weight is 184 g/mol. The van der Waals surface area contributed by atoms with Crippen LogP contribution in [0.3, 0.4) is 0 Å². The third-order valence-electron chi connectivity index (χ3n) is 2.00. The van der Waals surface area contributed by atoms with Gasteiger partial charge >= 0.3 is 0 Å². The molecule has 0 spiro atoms. The molecule has 1 heterocycles. The van der Waals surface area contributed by atoms with E-state index in [1.165, 1.54) is 18.3 Å². The van der Waals surface area contributed by atoms with Crippen LogP contribution < -0.4 is 4.90 Å². The average Bonchev–Trinajstić information content (AvgIpc) is 2.16. The maximum absolute atomic E-state index is 13.2. The molecule has 0 aliphatic rings. The fourth-order valence-corrected chi connectivity index (χ4v) is 0.968. The Hall–Kier alpha value is -1.16. The molecule has 0 aliphatic heterocycles. The summed E-state index contributed by atoms with van der Waals surface area (Å²) in [5.41, 5.74) is 0. The van der Waals surface area contributed by atoms with E-state index in [1.807, 2.05) is 0 Å². The van der Waals surface area contributed by atoms with E-state index in [-0.39, 0.29) is 24.3 Å². The third kappa shape index (κ3) is 2.15. The van der Waals surface area contributed by atoms with E-state index in [0.717, 1.165) is 0 Å². The molecule has 4 heteroatoms. The lowest BCUT2D eigenvalue weighted by molar-refractivity contribution is 0.269. The van der Waals surface area contributed by atoms with Crippen LogP contribution in [0.25, 0.3) is 0 Å². The van der Waals surface area contributed by atoms with Crippen molar-refractivity contribution in [3.05, 3.63) is 24.1 Å². The van der Waals surface area contributed by atoms with E-state index in [1.54, 1.807) is 18.9 Å². The molecule has 1 N–H and O–H groups in total. The molecular weight excluding hydrogens is 171 g/mol. The summed E-state index contributed by atoms with van der Waals surface area (Å²) in [5.74, 6) is -0.102. The number of halogens is 1. The number of aromatic nitrogens is 1. The van der Waals surface area contributed by atoms with Crippen LogP contribution in [0, 0.1) is 5.82 Å². The zero-order valence-electron chi connectivity index (χ0n) is 7.74. The summed E-state index contributed by atoms with van der Waals surface area (Å²) in [7, 11) is 1.70. The number of aliphatic hydroxyl groups is 1. The zero-order valence-corrected chi connectivity index (χ0v) is 7.74. The van der Waals surface area contributed by atoms with Crippen LogP contribution >= 0.6 is 0 Å². The summed E-state index contributed by atoms with van der Waals surface area (Å²) < 4.78 is 13.2. The monoisotopic (exact) mass is 184 g/mol. The van der Waals surface area contributed by atoms with E-state index in [4.69, 9.17) is 5.11 Å². The molecule has 0 radical (unpaired) electrons. The van der Waals surface area contributed by atoms with Gasteiger partial charge in [-0.3, -0.25) is 0 Å². The molecular formula is C9H13FN2O. The van der Waals surface area contributed by atoms with E-state index in [9.17, 15) is 4.39 Å². The lowest BCUT2D eigenvalue weighted by Gasteiger charge is -2.24. The number of pyridine rings is 1. The van der Waals surface area contributed by atoms with Crippen LogP contribution in [0.2, 0.25) is 0 Å². The summed E-state index contributed by atoms with van der Waals surface area (Å²) >= 11 is 0. The highest BCUT2D eigenvalue weighted by atomic mass is 19.1. The maximum Gasteiger partial charge on any atom is 0.165 e. The van der Waals surface area contributed by atoms with Crippen molar-refractivity contribution < 1.29 is 9.50 Å².